The fourth-order valence-corrected chi connectivity index (χ4v) is 4.17. The number of thiophene rings is 1. The van der Waals surface area contributed by atoms with Gasteiger partial charge < -0.3 is 10.1 Å². The number of nitrogens with one attached hydrogen (secondary N) is 1. The average molecular weight is 420 g/mol. The van der Waals surface area contributed by atoms with Crippen LogP contribution in [0.4, 0.5) is 0 Å². The average Bonchev–Trinajstić information content (AvgIpc) is 3.22. The Morgan fingerprint density at radius 3 is 2.63 bits per heavy atom. The fourth-order valence-electron chi connectivity index (χ4n) is 3.26. The van der Waals surface area contributed by atoms with Gasteiger partial charge in [0.05, 0.1) is 18.8 Å². The number of amides is 1. The number of hydrogen-bond donors (Lipinski definition) is 1. The van der Waals surface area contributed by atoms with Crippen molar-refractivity contribution in [2.45, 2.75) is 13.0 Å². The van der Waals surface area contributed by atoms with Crippen molar-refractivity contribution in [2.24, 2.45) is 0 Å². The van der Waals surface area contributed by atoms with Gasteiger partial charge in [-0.3, -0.25) is 14.2 Å². The fraction of sp³-hybridized carbons (Fsp3) is 0.174. The van der Waals surface area contributed by atoms with Crippen molar-refractivity contribution in [3.05, 3.63) is 82.2 Å². The van der Waals surface area contributed by atoms with Crippen molar-refractivity contribution in [3.8, 4) is 16.9 Å². The van der Waals surface area contributed by atoms with Crippen molar-refractivity contribution >= 4 is 27.5 Å². The van der Waals surface area contributed by atoms with Crippen LogP contribution in [0.1, 0.15) is 5.56 Å². The molecule has 4 rings (SSSR count). The third-order valence-electron chi connectivity index (χ3n) is 4.85. The Hall–Kier alpha value is -3.45. The summed E-state index contributed by atoms with van der Waals surface area (Å²) in [5, 5.41) is 5.36. The van der Waals surface area contributed by atoms with Crippen molar-refractivity contribution in [1.29, 1.82) is 0 Å². The molecule has 0 aliphatic heterocycles. The minimum absolute atomic E-state index is 0.0610. The van der Waals surface area contributed by atoms with Gasteiger partial charge in [-0.05, 0) is 29.7 Å². The summed E-state index contributed by atoms with van der Waals surface area (Å²) in [6.07, 6.45) is 2.14. The second-order valence-corrected chi connectivity index (χ2v) is 7.68. The van der Waals surface area contributed by atoms with E-state index in [-0.39, 0.29) is 18.0 Å². The molecule has 0 fully saturated rings. The van der Waals surface area contributed by atoms with Crippen LogP contribution in [0, 0.1) is 0 Å². The Morgan fingerprint density at radius 2 is 1.90 bits per heavy atom. The summed E-state index contributed by atoms with van der Waals surface area (Å²) in [6.45, 7) is 0.428. The van der Waals surface area contributed by atoms with Gasteiger partial charge in [-0.1, -0.05) is 42.5 Å². The molecule has 0 saturated heterocycles. The van der Waals surface area contributed by atoms with E-state index in [4.69, 9.17) is 4.74 Å². The predicted octanol–water partition coefficient (Wildman–Crippen LogP) is 3.49. The maximum atomic E-state index is 13.0. The first kappa shape index (κ1) is 19.8. The summed E-state index contributed by atoms with van der Waals surface area (Å²) in [7, 11) is 1.63. The van der Waals surface area contributed by atoms with E-state index in [0.29, 0.717) is 23.2 Å². The van der Waals surface area contributed by atoms with E-state index in [0.717, 1.165) is 22.4 Å². The number of nitrogens with zero attached hydrogens (tertiary/aromatic N) is 2. The van der Waals surface area contributed by atoms with Crippen molar-refractivity contribution in [3.63, 3.8) is 0 Å². The molecule has 2 aromatic carbocycles. The van der Waals surface area contributed by atoms with E-state index in [1.54, 1.807) is 7.11 Å². The number of carbonyl (C=O) groups excluding carboxylic acids is 1. The van der Waals surface area contributed by atoms with Crippen molar-refractivity contribution in [2.75, 3.05) is 13.7 Å². The molecule has 7 heteroatoms. The summed E-state index contributed by atoms with van der Waals surface area (Å²) >= 11 is 1.43. The first-order valence-corrected chi connectivity index (χ1v) is 10.5. The summed E-state index contributed by atoms with van der Waals surface area (Å²) < 4.78 is 6.51. The quantitative estimate of drug-likeness (QED) is 0.498. The molecule has 0 unspecified atom stereocenters. The molecular weight excluding hydrogens is 398 g/mol. The zero-order valence-electron chi connectivity index (χ0n) is 16.5. The first-order chi connectivity index (χ1) is 14.7. The van der Waals surface area contributed by atoms with Crippen LogP contribution in [0.2, 0.25) is 0 Å². The van der Waals surface area contributed by atoms with Crippen LogP contribution in [0.25, 0.3) is 21.3 Å². The van der Waals surface area contributed by atoms with E-state index in [1.165, 1.54) is 22.2 Å². The third-order valence-corrected chi connectivity index (χ3v) is 5.74. The SMILES string of the molecule is COc1ccc(CCNC(=O)Cn2cnc3scc(-c4ccccc4)c3c2=O)cc1. The molecule has 1 N–H and O–H groups in total. The Labute approximate surface area is 177 Å². The van der Waals surface area contributed by atoms with Gasteiger partial charge in [0.15, 0.2) is 0 Å². The standard InChI is InChI=1S/C23H21N3O3S/c1-29-18-9-7-16(8-10-18)11-12-24-20(27)13-26-15-25-22-21(23(26)28)19(14-30-22)17-5-3-2-4-6-17/h2-10,14-15H,11-13H2,1H3,(H,24,27). The maximum absolute atomic E-state index is 13.0. The summed E-state index contributed by atoms with van der Waals surface area (Å²) in [4.78, 5) is 30.4. The lowest BCUT2D eigenvalue weighted by Gasteiger charge is -2.08. The van der Waals surface area contributed by atoms with Gasteiger partial charge in [0, 0.05) is 17.5 Å². The number of rotatable bonds is 7. The molecule has 2 heterocycles. The summed E-state index contributed by atoms with van der Waals surface area (Å²) in [5.41, 5.74) is 2.71. The van der Waals surface area contributed by atoms with Gasteiger partial charge in [-0.25, -0.2) is 4.98 Å². The van der Waals surface area contributed by atoms with E-state index in [9.17, 15) is 9.59 Å². The molecule has 0 spiro atoms. The highest BCUT2D eigenvalue weighted by Gasteiger charge is 2.14. The van der Waals surface area contributed by atoms with Crippen LogP contribution in [0.15, 0.2) is 71.1 Å². The molecule has 0 aliphatic carbocycles. The molecule has 0 radical (unpaired) electrons. The van der Waals surface area contributed by atoms with Gasteiger partial charge in [0.1, 0.15) is 17.1 Å². The Bertz CT molecular complexity index is 1210. The highest BCUT2D eigenvalue weighted by molar-refractivity contribution is 7.17. The second-order valence-electron chi connectivity index (χ2n) is 6.82. The number of aromatic nitrogens is 2. The first-order valence-electron chi connectivity index (χ1n) is 9.57. The third kappa shape index (κ3) is 4.26. The van der Waals surface area contributed by atoms with E-state index < -0.39 is 0 Å². The number of ether oxygens (including phenoxy) is 1. The number of carbonyl (C=O) groups is 1. The molecule has 1 amide bonds. The van der Waals surface area contributed by atoms with Crippen LogP contribution in [0.3, 0.4) is 0 Å². The molecule has 0 atom stereocenters. The molecule has 6 nitrogen and oxygen atoms in total. The Kier molecular flexibility index (Phi) is 5.90. The van der Waals surface area contributed by atoms with E-state index >= 15 is 0 Å². The molecule has 4 aromatic rings. The lowest BCUT2D eigenvalue weighted by molar-refractivity contribution is -0.121. The molecule has 152 valence electrons. The van der Waals surface area contributed by atoms with E-state index in [2.05, 4.69) is 10.3 Å². The van der Waals surface area contributed by atoms with Gasteiger partial charge >= 0.3 is 0 Å². The molecule has 0 aliphatic rings. The zero-order valence-corrected chi connectivity index (χ0v) is 17.3. The number of hydrogen-bond acceptors (Lipinski definition) is 5. The molecular formula is C23H21N3O3S. The van der Waals surface area contributed by atoms with Crippen LogP contribution in [-0.4, -0.2) is 29.1 Å². The second kappa shape index (κ2) is 8.92. The molecule has 2 aromatic heterocycles. The number of benzene rings is 2. The summed E-state index contributed by atoms with van der Waals surface area (Å²) in [5.74, 6) is 0.580. The highest BCUT2D eigenvalue weighted by atomic mass is 32.1. The van der Waals surface area contributed by atoms with E-state index in [1.807, 2.05) is 60.0 Å². The normalized spacial score (nSPS) is 10.8. The predicted molar refractivity (Wildman–Crippen MR) is 119 cm³/mol. The van der Waals surface area contributed by atoms with Gasteiger partial charge in [0.25, 0.3) is 5.56 Å². The lowest BCUT2D eigenvalue weighted by Crippen LogP contribution is -2.33. The molecule has 0 bridgehead atoms. The van der Waals surface area contributed by atoms with Crippen LogP contribution < -0.4 is 15.6 Å². The Balaban J connectivity index is 1.45. The van der Waals surface area contributed by atoms with Crippen LogP contribution in [0.5, 0.6) is 5.75 Å². The lowest BCUT2D eigenvalue weighted by atomic mass is 10.1. The minimum Gasteiger partial charge on any atom is -0.497 e. The van der Waals surface area contributed by atoms with Crippen LogP contribution in [-0.2, 0) is 17.8 Å². The zero-order chi connectivity index (χ0) is 20.9. The molecule has 0 saturated carbocycles. The van der Waals surface area contributed by atoms with Gasteiger partial charge in [-0.2, -0.15) is 0 Å². The minimum atomic E-state index is -0.219. The van der Waals surface area contributed by atoms with Crippen molar-refractivity contribution in [1.82, 2.24) is 14.9 Å². The topological polar surface area (TPSA) is 73.2 Å². The maximum Gasteiger partial charge on any atom is 0.263 e. The smallest absolute Gasteiger partial charge is 0.263 e. The number of methoxy groups -OCH3 is 1. The highest BCUT2D eigenvalue weighted by Crippen LogP contribution is 2.30. The van der Waals surface area contributed by atoms with Gasteiger partial charge in [0.2, 0.25) is 5.91 Å². The van der Waals surface area contributed by atoms with Crippen LogP contribution >= 0.6 is 11.3 Å². The molecule has 30 heavy (non-hydrogen) atoms. The van der Waals surface area contributed by atoms with Crippen molar-refractivity contribution < 1.29 is 9.53 Å². The summed E-state index contributed by atoms with van der Waals surface area (Å²) in [6, 6.07) is 17.4. The monoisotopic (exact) mass is 419 g/mol. The Morgan fingerprint density at radius 1 is 1.13 bits per heavy atom. The van der Waals surface area contributed by atoms with Gasteiger partial charge in [-0.15, -0.1) is 11.3 Å². The largest absolute Gasteiger partial charge is 0.497 e. The number of fused-ring (bicyclic) bond motifs is 1.